The van der Waals surface area contributed by atoms with Crippen LogP contribution in [0, 0.1) is 0 Å². The number of aliphatic hydroxyl groups is 1. The van der Waals surface area contributed by atoms with Crippen LogP contribution in [-0.4, -0.2) is 62.0 Å². The lowest BCUT2D eigenvalue weighted by molar-refractivity contribution is -0.159. The van der Waals surface area contributed by atoms with Crippen molar-refractivity contribution in [3.8, 4) is 11.5 Å². The highest BCUT2D eigenvalue weighted by molar-refractivity contribution is 5.84. The van der Waals surface area contributed by atoms with E-state index in [-0.39, 0.29) is 26.4 Å². The fraction of sp³-hybridized carbons (Fsp3) is 0.296. The molecule has 0 heterocycles. The van der Waals surface area contributed by atoms with Gasteiger partial charge in [-0.2, -0.15) is 0 Å². The van der Waals surface area contributed by atoms with Crippen LogP contribution in [0.5, 0.6) is 11.5 Å². The third-order valence-electron chi connectivity index (χ3n) is 4.67. The molecule has 2 rings (SSSR count). The van der Waals surface area contributed by atoms with Gasteiger partial charge in [-0.05, 0) is 41.8 Å². The molecule has 0 aliphatic carbocycles. The number of hydrogen-bond acceptors (Lipinski definition) is 9. The molecule has 0 aromatic heterocycles. The van der Waals surface area contributed by atoms with Gasteiger partial charge in [-0.3, -0.25) is 4.79 Å². The maximum absolute atomic E-state index is 11.6. The third-order valence-corrected chi connectivity index (χ3v) is 4.67. The number of carbonyl (C=O) groups excluding carboxylic acids is 3. The normalized spacial score (nSPS) is 11.9. The summed E-state index contributed by atoms with van der Waals surface area (Å²) in [5, 5.41) is 9.74. The first-order valence-electron chi connectivity index (χ1n) is 11.2. The highest BCUT2D eigenvalue weighted by Gasteiger charge is 2.17. The van der Waals surface area contributed by atoms with Crippen molar-refractivity contribution in [2.75, 3.05) is 26.4 Å². The second kappa shape index (κ2) is 15.7. The molecule has 0 amide bonds. The summed E-state index contributed by atoms with van der Waals surface area (Å²) in [6.45, 7) is 6.67. The Bertz CT molecular complexity index is 983. The van der Waals surface area contributed by atoms with Gasteiger partial charge in [0.05, 0.1) is 6.26 Å². The SMILES string of the molecule is C=COCC(O)COc1ccc(Cc2ccc(OCC(COC(=O)C=C)OC(=O)CC=O)cc2)cc1. The zero-order chi connectivity index (χ0) is 26.2. The van der Waals surface area contributed by atoms with E-state index in [9.17, 15) is 19.5 Å². The minimum absolute atomic E-state index is 0.0652. The molecule has 9 nitrogen and oxygen atoms in total. The standard InChI is InChI=1S/C27H30O9/c1-3-26(30)35-19-25(36-27(31)13-14-28)18-34-24-11-7-21(8-12-24)15-20-5-9-23(10-6-20)33-17-22(29)16-32-4-2/h3-12,14,22,25,29H,1-2,13,15-19H2. The monoisotopic (exact) mass is 498 g/mol. The lowest BCUT2D eigenvalue weighted by atomic mass is 10.0. The average molecular weight is 499 g/mol. The Balaban J connectivity index is 1.85. The second-order valence-electron chi connectivity index (χ2n) is 7.56. The fourth-order valence-electron chi connectivity index (χ4n) is 2.90. The Kier molecular flexibility index (Phi) is 12.3. The number of esters is 2. The summed E-state index contributed by atoms with van der Waals surface area (Å²) < 4.78 is 26.2. The lowest BCUT2D eigenvalue weighted by Gasteiger charge is -2.18. The summed E-state index contributed by atoms with van der Waals surface area (Å²) in [7, 11) is 0. The van der Waals surface area contributed by atoms with Crippen molar-refractivity contribution >= 4 is 18.2 Å². The first kappa shape index (κ1) is 28.1. The predicted molar refractivity (Wildman–Crippen MR) is 131 cm³/mol. The van der Waals surface area contributed by atoms with Gasteiger partial charge in [-0.15, -0.1) is 0 Å². The van der Waals surface area contributed by atoms with Gasteiger partial charge in [0.15, 0.2) is 6.10 Å². The summed E-state index contributed by atoms with van der Waals surface area (Å²) in [4.78, 5) is 33.4. The van der Waals surface area contributed by atoms with Gasteiger partial charge in [0.2, 0.25) is 0 Å². The molecule has 2 aromatic rings. The molecule has 0 fully saturated rings. The average Bonchev–Trinajstić information content (AvgIpc) is 2.89. The van der Waals surface area contributed by atoms with Gasteiger partial charge >= 0.3 is 11.9 Å². The quantitative estimate of drug-likeness (QED) is 0.115. The van der Waals surface area contributed by atoms with Crippen molar-refractivity contribution in [2.24, 2.45) is 0 Å². The molecule has 2 unspecified atom stereocenters. The summed E-state index contributed by atoms with van der Waals surface area (Å²) in [6.07, 6.45) is 1.35. The molecule has 9 heteroatoms. The Morgan fingerprint density at radius 2 is 1.44 bits per heavy atom. The number of carbonyl (C=O) groups is 3. The molecule has 192 valence electrons. The number of ether oxygens (including phenoxy) is 5. The third kappa shape index (κ3) is 10.9. The molecule has 36 heavy (non-hydrogen) atoms. The number of aldehydes is 1. The molecule has 0 aliphatic heterocycles. The molecule has 1 N–H and O–H groups in total. The van der Waals surface area contributed by atoms with Gasteiger partial charge in [-0.1, -0.05) is 37.4 Å². The van der Waals surface area contributed by atoms with Crippen LogP contribution in [-0.2, 0) is 35.0 Å². The zero-order valence-electron chi connectivity index (χ0n) is 19.9. The summed E-state index contributed by atoms with van der Waals surface area (Å²) in [5.41, 5.74) is 2.11. The molecule has 2 aromatic carbocycles. The van der Waals surface area contributed by atoms with Gasteiger partial charge in [0.1, 0.15) is 56.7 Å². The summed E-state index contributed by atoms with van der Waals surface area (Å²) >= 11 is 0. The molecule has 0 bridgehead atoms. The highest BCUT2D eigenvalue weighted by Crippen LogP contribution is 2.18. The number of rotatable bonds is 17. The number of benzene rings is 2. The molecule has 0 aliphatic rings. The maximum Gasteiger partial charge on any atom is 0.330 e. The van der Waals surface area contributed by atoms with Crippen LogP contribution in [0.4, 0.5) is 0 Å². The Morgan fingerprint density at radius 1 is 0.861 bits per heavy atom. The van der Waals surface area contributed by atoms with E-state index in [1.165, 1.54) is 6.26 Å². The van der Waals surface area contributed by atoms with Gasteiger partial charge in [0.25, 0.3) is 0 Å². The Hall–Kier alpha value is -4.11. The first-order valence-corrected chi connectivity index (χ1v) is 11.2. The van der Waals surface area contributed by atoms with E-state index in [2.05, 4.69) is 13.2 Å². The Labute approximate surface area is 209 Å². The fourth-order valence-corrected chi connectivity index (χ4v) is 2.90. The van der Waals surface area contributed by atoms with Crippen molar-refractivity contribution in [1.29, 1.82) is 0 Å². The van der Waals surface area contributed by atoms with E-state index in [0.717, 1.165) is 17.2 Å². The van der Waals surface area contributed by atoms with Crippen LogP contribution in [0.2, 0.25) is 0 Å². The van der Waals surface area contributed by atoms with E-state index in [0.29, 0.717) is 24.2 Å². The van der Waals surface area contributed by atoms with Crippen molar-refractivity contribution in [3.63, 3.8) is 0 Å². The molecular formula is C27H30O9. The molecule has 0 radical (unpaired) electrons. The van der Waals surface area contributed by atoms with Gasteiger partial charge in [0, 0.05) is 6.08 Å². The van der Waals surface area contributed by atoms with Crippen LogP contribution in [0.15, 0.2) is 74.0 Å². The molecule has 2 atom stereocenters. The number of hydrogen-bond donors (Lipinski definition) is 1. The van der Waals surface area contributed by atoms with Crippen molar-refractivity contribution < 1.29 is 43.2 Å². The smallest absolute Gasteiger partial charge is 0.330 e. The first-order chi connectivity index (χ1) is 17.4. The van der Waals surface area contributed by atoms with E-state index in [4.69, 9.17) is 23.7 Å². The van der Waals surface area contributed by atoms with E-state index in [1.54, 1.807) is 12.1 Å². The zero-order valence-corrected chi connectivity index (χ0v) is 19.9. The largest absolute Gasteiger partial charge is 0.499 e. The molecule has 0 saturated carbocycles. The van der Waals surface area contributed by atoms with Gasteiger partial charge < -0.3 is 33.6 Å². The van der Waals surface area contributed by atoms with Crippen LogP contribution < -0.4 is 9.47 Å². The summed E-state index contributed by atoms with van der Waals surface area (Å²) in [5.74, 6) is -0.223. The van der Waals surface area contributed by atoms with Gasteiger partial charge in [-0.25, -0.2) is 4.79 Å². The lowest BCUT2D eigenvalue weighted by Crippen LogP contribution is -2.30. The van der Waals surface area contributed by atoms with Crippen molar-refractivity contribution in [3.05, 3.63) is 85.2 Å². The van der Waals surface area contributed by atoms with E-state index < -0.39 is 30.6 Å². The molecular weight excluding hydrogens is 468 g/mol. The van der Waals surface area contributed by atoms with Crippen LogP contribution in [0.1, 0.15) is 17.5 Å². The second-order valence-corrected chi connectivity index (χ2v) is 7.56. The summed E-state index contributed by atoms with van der Waals surface area (Å²) in [6, 6.07) is 14.9. The van der Waals surface area contributed by atoms with Crippen molar-refractivity contribution in [1.82, 2.24) is 0 Å². The molecule has 0 saturated heterocycles. The van der Waals surface area contributed by atoms with Crippen LogP contribution >= 0.6 is 0 Å². The minimum Gasteiger partial charge on any atom is -0.499 e. The van der Waals surface area contributed by atoms with E-state index >= 15 is 0 Å². The maximum atomic E-state index is 11.6. The van der Waals surface area contributed by atoms with Crippen LogP contribution in [0.3, 0.4) is 0 Å². The van der Waals surface area contributed by atoms with Crippen LogP contribution in [0.25, 0.3) is 0 Å². The van der Waals surface area contributed by atoms with E-state index in [1.807, 2.05) is 36.4 Å². The topological polar surface area (TPSA) is 118 Å². The Morgan fingerprint density at radius 3 is 1.97 bits per heavy atom. The predicted octanol–water partition coefficient (Wildman–Crippen LogP) is 2.79. The molecule has 0 spiro atoms. The minimum atomic E-state index is -0.877. The number of aliphatic hydroxyl groups excluding tert-OH is 1. The van der Waals surface area contributed by atoms with Crippen molar-refractivity contribution in [2.45, 2.75) is 25.0 Å². The highest BCUT2D eigenvalue weighted by atomic mass is 16.6.